The number of aliphatic imine (C=N–C) groups is 1. The zero-order valence-corrected chi connectivity index (χ0v) is 18.7. The van der Waals surface area contributed by atoms with Gasteiger partial charge in [0.25, 0.3) is 0 Å². The molecule has 0 saturated heterocycles. The summed E-state index contributed by atoms with van der Waals surface area (Å²) in [5.41, 5.74) is 6.64. The first-order chi connectivity index (χ1) is 13.1. The second-order valence-electron chi connectivity index (χ2n) is 6.68. The van der Waals surface area contributed by atoms with Gasteiger partial charge in [-0.3, -0.25) is 4.99 Å². The van der Waals surface area contributed by atoms with E-state index in [-0.39, 0.29) is 0 Å². The van der Waals surface area contributed by atoms with Gasteiger partial charge in [-0.05, 0) is 70.7 Å². The van der Waals surface area contributed by atoms with Crippen molar-refractivity contribution in [3.8, 4) is 0 Å². The van der Waals surface area contributed by atoms with Gasteiger partial charge in [0, 0.05) is 11.8 Å². The number of benzene rings is 1. The Morgan fingerprint density at radius 1 is 1.07 bits per heavy atom. The molecule has 0 bridgehead atoms. The van der Waals surface area contributed by atoms with Crippen molar-refractivity contribution in [3.05, 3.63) is 47.6 Å². The van der Waals surface area contributed by atoms with Gasteiger partial charge in [0.05, 0.1) is 5.69 Å². The molecule has 0 aliphatic heterocycles. The topological polar surface area (TPSA) is 24.4 Å². The highest BCUT2D eigenvalue weighted by molar-refractivity contribution is 5.76. The van der Waals surface area contributed by atoms with E-state index >= 15 is 0 Å². The number of para-hydroxylation sites is 1. The summed E-state index contributed by atoms with van der Waals surface area (Å²) in [7, 11) is 2.03. The van der Waals surface area contributed by atoms with Crippen LogP contribution in [-0.2, 0) is 0 Å². The standard InChI is InChI=1S/C23H36N2.C2H6/c1-6-11-19(3)21(16-18-24-5)13-10-12-20(4)22-14-8-9-15-23(22)25-17-7-2;1-2/h8-9,14-15,17,24H,4,6-7,10-13,16,18H2,1-3,5H3;1-2H3/b21-19+,25-17?;. The largest absolute Gasteiger partial charge is 0.319 e. The van der Waals surface area contributed by atoms with Crippen LogP contribution in [-0.4, -0.2) is 19.8 Å². The lowest BCUT2D eigenvalue weighted by Gasteiger charge is -2.14. The molecular formula is C25H42N2. The van der Waals surface area contributed by atoms with Crippen LogP contribution in [0.1, 0.15) is 85.1 Å². The van der Waals surface area contributed by atoms with Crippen LogP contribution in [0.2, 0.25) is 0 Å². The minimum absolute atomic E-state index is 0.955. The highest BCUT2D eigenvalue weighted by Crippen LogP contribution is 2.29. The van der Waals surface area contributed by atoms with Gasteiger partial charge in [-0.2, -0.15) is 0 Å². The SMILES string of the molecule is C=C(CCC/C(CCNC)=C(/C)CCC)c1ccccc1N=CCC.CC. The normalized spacial score (nSPS) is 11.8. The molecule has 0 amide bonds. The number of hydrogen-bond donors (Lipinski definition) is 1. The monoisotopic (exact) mass is 370 g/mol. The van der Waals surface area contributed by atoms with E-state index in [1.54, 1.807) is 11.1 Å². The van der Waals surface area contributed by atoms with Crippen LogP contribution in [0.5, 0.6) is 0 Å². The first kappa shape index (κ1) is 25.3. The van der Waals surface area contributed by atoms with Crippen molar-refractivity contribution in [2.45, 2.75) is 79.6 Å². The van der Waals surface area contributed by atoms with Crippen molar-refractivity contribution in [1.29, 1.82) is 0 Å². The third-order valence-corrected chi connectivity index (χ3v) is 4.56. The zero-order valence-electron chi connectivity index (χ0n) is 18.7. The van der Waals surface area contributed by atoms with Gasteiger partial charge in [-0.1, -0.05) is 70.0 Å². The molecule has 1 N–H and O–H groups in total. The first-order valence-corrected chi connectivity index (χ1v) is 10.8. The third-order valence-electron chi connectivity index (χ3n) is 4.56. The van der Waals surface area contributed by atoms with Gasteiger partial charge in [0.2, 0.25) is 0 Å². The van der Waals surface area contributed by atoms with Crippen LogP contribution in [0, 0.1) is 0 Å². The molecule has 0 aromatic heterocycles. The fourth-order valence-electron chi connectivity index (χ4n) is 3.10. The average molecular weight is 371 g/mol. The van der Waals surface area contributed by atoms with Crippen LogP contribution in [0.25, 0.3) is 5.57 Å². The number of nitrogens with zero attached hydrogens (tertiary/aromatic N) is 1. The van der Waals surface area contributed by atoms with Crippen LogP contribution in [0.3, 0.4) is 0 Å². The summed E-state index contributed by atoms with van der Waals surface area (Å²) in [5, 5.41) is 3.28. The quantitative estimate of drug-likeness (QED) is 0.295. The van der Waals surface area contributed by atoms with E-state index in [0.717, 1.165) is 37.9 Å². The number of hydrogen-bond acceptors (Lipinski definition) is 2. The van der Waals surface area contributed by atoms with E-state index in [9.17, 15) is 0 Å². The maximum atomic E-state index is 4.58. The molecule has 1 aromatic carbocycles. The van der Waals surface area contributed by atoms with Crippen molar-refractivity contribution in [2.24, 2.45) is 4.99 Å². The van der Waals surface area contributed by atoms with Gasteiger partial charge in [-0.15, -0.1) is 0 Å². The second-order valence-corrected chi connectivity index (χ2v) is 6.68. The molecule has 0 spiro atoms. The van der Waals surface area contributed by atoms with Crippen LogP contribution in [0.15, 0.2) is 47.0 Å². The minimum atomic E-state index is 0.955. The molecule has 0 aliphatic rings. The van der Waals surface area contributed by atoms with E-state index in [2.05, 4.69) is 55.9 Å². The van der Waals surface area contributed by atoms with Gasteiger partial charge < -0.3 is 5.32 Å². The number of nitrogens with one attached hydrogen (secondary N) is 1. The molecule has 0 fully saturated rings. The lowest BCUT2D eigenvalue weighted by atomic mass is 9.94. The molecule has 0 radical (unpaired) electrons. The molecular weight excluding hydrogens is 328 g/mol. The molecule has 0 saturated carbocycles. The predicted molar refractivity (Wildman–Crippen MR) is 125 cm³/mol. The smallest absolute Gasteiger partial charge is 0.0700 e. The molecule has 152 valence electrons. The van der Waals surface area contributed by atoms with E-state index in [0.29, 0.717) is 0 Å². The summed E-state index contributed by atoms with van der Waals surface area (Å²) in [6.45, 7) is 16.1. The molecule has 0 aliphatic carbocycles. The Balaban J connectivity index is 0.00000326. The molecule has 0 atom stereocenters. The van der Waals surface area contributed by atoms with Crippen LogP contribution >= 0.6 is 0 Å². The molecule has 27 heavy (non-hydrogen) atoms. The predicted octanol–water partition coefficient (Wildman–Crippen LogP) is 7.73. The van der Waals surface area contributed by atoms with Gasteiger partial charge in [-0.25, -0.2) is 0 Å². The first-order valence-electron chi connectivity index (χ1n) is 10.8. The van der Waals surface area contributed by atoms with E-state index < -0.39 is 0 Å². The Hall–Kier alpha value is -1.67. The lowest BCUT2D eigenvalue weighted by Crippen LogP contribution is -2.09. The molecule has 0 unspecified atom stereocenters. The Morgan fingerprint density at radius 3 is 2.41 bits per heavy atom. The molecule has 1 rings (SSSR count). The third kappa shape index (κ3) is 10.3. The maximum Gasteiger partial charge on any atom is 0.0700 e. The van der Waals surface area contributed by atoms with E-state index in [1.165, 1.54) is 30.4 Å². The fourth-order valence-corrected chi connectivity index (χ4v) is 3.10. The highest BCUT2D eigenvalue weighted by atomic mass is 14.8. The number of rotatable bonds is 12. The van der Waals surface area contributed by atoms with E-state index in [1.807, 2.05) is 33.2 Å². The summed E-state index contributed by atoms with van der Waals surface area (Å²) >= 11 is 0. The van der Waals surface area contributed by atoms with Gasteiger partial charge in [0.1, 0.15) is 0 Å². The minimum Gasteiger partial charge on any atom is -0.319 e. The maximum absolute atomic E-state index is 4.58. The van der Waals surface area contributed by atoms with Crippen molar-refractivity contribution in [2.75, 3.05) is 13.6 Å². The molecule has 0 heterocycles. The van der Waals surface area contributed by atoms with E-state index in [4.69, 9.17) is 0 Å². The molecule has 2 nitrogen and oxygen atoms in total. The van der Waals surface area contributed by atoms with Crippen molar-refractivity contribution in [1.82, 2.24) is 5.32 Å². The second kappa shape index (κ2) is 16.5. The summed E-state index contributed by atoms with van der Waals surface area (Å²) < 4.78 is 0. The Bertz CT molecular complexity index is 582. The summed E-state index contributed by atoms with van der Waals surface area (Å²) in [6, 6.07) is 8.35. The molecule has 1 aromatic rings. The van der Waals surface area contributed by atoms with Crippen molar-refractivity contribution < 1.29 is 0 Å². The molecule has 2 heteroatoms. The van der Waals surface area contributed by atoms with Crippen molar-refractivity contribution in [3.63, 3.8) is 0 Å². The average Bonchev–Trinajstić information content (AvgIpc) is 2.70. The van der Waals surface area contributed by atoms with Crippen LogP contribution < -0.4 is 5.32 Å². The summed E-state index contributed by atoms with van der Waals surface area (Å²) in [6.07, 6.45) is 9.89. The highest BCUT2D eigenvalue weighted by Gasteiger charge is 2.07. The Kier molecular flexibility index (Phi) is 15.5. The Labute approximate surface area is 168 Å². The number of allylic oxidation sites excluding steroid dienone is 2. The van der Waals surface area contributed by atoms with Crippen molar-refractivity contribution >= 4 is 17.5 Å². The summed E-state index contributed by atoms with van der Waals surface area (Å²) in [5.74, 6) is 0. The van der Waals surface area contributed by atoms with Crippen LogP contribution in [0.4, 0.5) is 5.69 Å². The van der Waals surface area contributed by atoms with Gasteiger partial charge >= 0.3 is 0 Å². The fraction of sp³-hybridized carbons (Fsp3) is 0.560. The summed E-state index contributed by atoms with van der Waals surface area (Å²) in [4.78, 5) is 4.58. The lowest BCUT2D eigenvalue weighted by molar-refractivity contribution is 0.714. The Morgan fingerprint density at radius 2 is 1.78 bits per heavy atom. The zero-order chi connectivity index (χ0) is 20.5. The van der Waals surface area contributed by atoms with Gasteiger partial charge in [0.15, 0.2) is 0 Å².